The quantitative estimate of drug-likeness (QED) is 0.0604. The van der Waals surface area contributed by atoms with Gasteiger partial charge in [0.15, 0.2) is 11.5 Å². The molecule has 3 heteroatoms. The third-order valence-corrected chi connectivity index (χ3v) is 9.61. The Bertz CT molecular complexity index is 1840. The molecule has 6 rings (SSSR count). The standard InChI is InChI=1S/C41H46O2Si/c1-6-8-10-16-23-42-37-27-35-36(28-38(37)43-24-17-11-9-7-2)40-33-21-15-14-20-31(33)32(22-25-44(3,4)5)34-26-29-18-12-13-19-30(29)39(35)41(34)40/h12-15,18-21,26-28H,6-11,16-17,23-24H2,1-5H3. The van der Waals surface area contributed by atoms with Gasteiger partial charge in [0.25, 0.3) is 0 Å². The van der Waals surface area contributed by atoms with Crippen LogP contribution in [0.4, 0.5) is 0 Å². The van der Waals surface area contributed by atoms with Crippen LogP contribution in [0.15, 0.2) is 66.7 Å². The van der Waals surface area contributed by atoms with Gasteiger partial charge in [0.1, 0.15) is 8.07 Å². The predicted octanol–water partition coefficient (Wildman–Crippen LogP) is 11.9. The first-order chi connectivity index (χ1) is 21.4. The second-order valence-electron chi connectivity index (χ2n) is 13.4. The van der Waals surface area contributed by atoms with Crippen molar-refractivity contribution >= 4 is 40.4 Å². The average molecular weight is 599 g/mol. The van der Waals surface area contributed by atoms with Crippen LogP contribution >= 0.6 is 0 Å². The molecule has 0 bridgehead atoms. The van der Waals surface area contributed by atoms with E-state index in [1.54, 1.807) is 0 Å². The summed E-state index contributed by atoms with van der Waals surface area (Å²) in [7, 11) is -1.60. The molecule has 0 unspecified atom stereocenters. The first-order valence-corrected chi connectivity index (χ1v) is 20.3. The van der Waals surface area contributed by atoms with E-state index in [-0.39, 0.29) is 0 Å². The second-order valence-corrected chi connectivity index (χ2v) is 18.1. The zero-order chi connectivity index (χ0) is 30.7. The van der Waals surface area contributed by atoms with Gasteiger partial charge >= 0.3 is 0 Å². The molecule has 0 radical (unpaired) electrons. The summed E-state index contributed by atoms with van der Waals surface area (Å²) in [5, 5.41) is 7.58. The van der Waals surface area contributed by atoms with Crippen LogP contribution in [0.2, 0.25) is 19.6 Å². The van der Waals surface area contributed by atoms with Crippen LogP contribution in [0.5, 0.6) is 11.5 Å². The van der Waals surface area contributed by atoms with Crippen LogP contribution < -0.4 is 9.47 Å². The maximum absolute atomic E-state index is 6.54. The molecule has 1 aliphatic carbocycles. The van der Waals surface area contributed by atoms with E-state index in [4.69, 9.17) is 9.47 Å². The number of ether oxygens (including phenoxy) is 2. The Morgan fingerprint density at radius 3 is 1.73 bits per heavy atom. The lowest BCUT2D eigenvalue weighted by molar-refractivity contribution is 0.259. The highest BCUT2D eigenvalue weighted by atomic mass is 28.3. The molecule has 226 valence electrons. The van der Waals surface area contributed by atoms with Gasteiger partial charge in [-0.15, -0.1) is 5.54 Å². The van der Waals surface area contributed by atoms with Crippen molar-refractivity contribution in [3.8, 4) is 45.2 Å². The molecular weight excluding hydrogens is 553 g/mol. The van der Waals surface area contributed by atoms with E-state index in [1.807, 2.05) is 0 Å². The van der Waals surface area contributed by atoms with Gasteiger partial charge in [-0.3, -0.25) is 0 Å². The Kier molecular flexibility index (Phi) is 9.01. The highest BCUT2D eigenvalue weighted by Gasteiger charge is 2.30. The highest BCUT2D eigenvalue weighted by Crippen LogP contribution is 2.56. The molecule has 5 aromatic rings. The number of unbranched alkanes of at least 4 members (excludes halogenated alkanes) is 6. The Morgan fingerprint density at radius 2 is 1.14 bits per heavy atom. The number of rotatable bonds is 12. The van der Waals surface area contributed by atoms with Gasteiger partial charge < -0.3 is 9.47 Å². The van der Waals surface area contributed by atoms with Crippen LogP contribution in [0.3, 0.4) is 0 Å². The number of hydrogen-bond donors (Lipinski definition) is 0. The van der Waals surface area contributed by atoms with Crippen molar-refractivity contribution in [2.45, 2.75) is 84.9 Å². The van der Waals surface area contributed by atoms with Crippen molar-refractivity contribution in [3.05, 3.63) is 72.3 Å². The third-order valence-electron chi connectivity index (χ3n) is 8.73. The second kappa shape index (κ2) is 13.1. The minimum absolute atomic E-state index is 0.711. The molecule has 0 atom stereocenters. The molecule has 0 spiro atoms. The molecule has 0 aliphatic heterocycles. The smallest absolute Gasteiger partial charge is 0.161 e. The van der Waals surface area contributed by atoms with Crippen molar-refractivity contribution in [2.75, 3.05) is 13.2 Å². The van der Waals surface area contributed by atoms with E-state index in [1.165, 1.54) is 93.1 Å². The zero-order valence-corrected chi connectivity index (χ0v) is 28.2. The van der Waals surface area contributed by atoms with Gasteiger partial charge in [0, 0.05) is 5.56 Å². The third kappa shape index (κ3) is 5.98. The Hall–Kier alpha value is -3.74. The summed E-state index contributed by atoms with van der Waals surface area (Å²) < 4.78 is 13.1. The summed E-state index contributed by atoms with van der Waals surface area (Å²) in [5.41, 5.74) is 9.93. The molecule has 0 amide bonds. The van der Waals surface area contributed by atoms with Gasteiger partial charge in [0.2, 0.25) is 0 Å². The van der Waals surface area contributed by atoms with Crippen LogP contribution in [-0.2, 0) is 0 Å². The monoisotopic (exact) mass is 598 g/mol. The van der Waals surface area contributed by atoms with Crippen molar-refractivity contribution < 1.29 is 9.47 Å². The van der Waals surface area contributed by atoms with E-state index in [2.05, 4.69) is 112 Å². The Labute approximate surface area is 264 Å². The van der Waals surface area contributed by atoms with E-state index in [0.29, 0.717) is 13.2 Å². The first kappa shape index (κ1) is 30.3. The van der Waals surface area contributed by atoms with Crippen molar-refractivity contribution in [3.63, 3.8) is 0 Å². The van der Waals surface area contributed by atoms with Crippen LogP contribution in [0.25, 0.3) is 54.6 Å². The number of benzene rings is 5. The SMILES string of the molecule is CCCCCCOc1cc2c(cc1OCCCCCC)-c1c3ccccc3c(C#C[Si](C)(C)C)c3cc4ccccc4c-2c13. The van der Waals surface area contributed by atoms with Crippen molar-refractivity contribution in [2.24, 2.45) is 0 Å². The Morgan fingerprint density at radius 1 is 0.591 bits per heavy atom. The van der Waals surface area contributed by atoms with Gasteiger partial charge in [-0.2, -0.15) is 0 Å². The minimum Gasteiger partial charge on any atom is -0.490 e. The molecule has 5 aromatic carbocycles. The van der Waals surface area contributed by atoms with Crippen molar-refractivity contribution in [1.82, 2.24) is 0 Å². The van der Waals surface area contributed by atoms with E-state index < -0.39 is 8.07 Å². The summed E-state index contributed by atoms with van der Waals surface area (Å²) in [6.07, 6.45) is 9.43. The molecule has 44 heavy (non-hydrogen) atoms. The lowest BCUT2D eigenvalue weighted by atomic mass is 9.89. The molecule has 1 aliphatic rings. The molecule has 0 N–H and O–H groups in total. The molecule has 0 saturated heterocycles. The van der Waals surface area contributed by atoms with Gasteiger partial charge in [0.05, 0.1) is 13.2 Å². The normalized spacial score (nSPS) is 12.0. The van der Waals surface area contributed by atoms with Crippen LogP contribution in [0.1, 0.15) is 70.8 Å². The van der Waals surface area contributed by atoms with E-state index in [0.717, 1.165) is 29.9 Å². The topological polar surface area (TPSA) is 18.5 Å². The van der Waals surface area contributed by atoms with E-state index >= 15 is 0 Å². The molecule has 2 nitrogen and oxygen atoms in total. The van der Waals surface area contributed by atoms with E-state index in [9.17, 15) is 0 Å². The molecule has 0 heterocycles. The highest BCUT2D eigenvalue weighted by molar-refractivity contribution is 6.84. The Balaban J connectivity index is 1.59. The summed E-state index contributed by atoms with van der Waals surface area (Å²) in [5.74, 6) is 5.46. The molecule has 0 saturated carbocycles. The summed E-state index contributed by atoms with van der Waals surface area (Å²) in [6, 6.07) is 24.6. The fourth-order valence-electron chi connectivity index (χ4n) is 6.57. The zero-order valence-electron chi connectivity index (χ0n) is 27.2. The number of hydrogen-bond acceptors (Lipinski definition) is 2. The molecule has 0 fully saturated rings. The maximum atomic E-state index is 6.54. The average Bonchev–Trinajstić information content (AvgIpc) is 3.35. The van der Waals surface area contributed by atoms with Crippen LogP contribution in [0, 0.1) is 11.5 Å². The summed E-state index contributed by atoms with van der Waals surface area (Å²) in [6.45, 7) is 12.9. The minimum atomic E-state index is -1.60. The predicted molar refractivity (Wildman–Crippen MR) is 193 cm³/mol. The molecule has 0 aromatic heterocycles. The van der Waals surface area contributed by atoms with Crippen molar-refractivity contribution in [1.29, 1.82) is 0 Å². The van der Waals surface area contributed by atoms with Gasteiger partial charge in [-0.05, 0) is 85.6 Å². The molecular formula is C41H46O2Si. The lowest BCUT2D eigenvalue weighted by Gasteiger charge is -2.16. The fraction of sp³-hybridized carbons (Fsp3) is 0.366. The largest absolute Gasteiger partial charge is 0.490 e. The maximum Gasteiger partial charge on any atom is 0.161 e. The summed E-state index contributed by atoms with van der Waals surface area (Å²) in [4.78, 5) is 0. The van der Waals surface area contributed by atoms with Gasteiger partial charge in [-0.25, -0.2) is 0 Å². The summed E-state index contributed by atoms with van der Waals surface area (Å²) >= 11 is 0. The first-order valence-electron chi connectivity index (χ1n) is 16.8. The van der Waals surface area contributed by atoms with Gasteiger partial charge in [-0.1, -0.05) is 126 Å². The lowest BCUT2D eigenvalue weighted by Crippen LogP contribution is -2.16. The number of fused-ring (bicyclic) bond motifs is 7. The fourth-order valence-corrected chi connectivity index (χ4v) is 7.07. The van der Waals surface area contributed by atoms with Crippen LogP contribution in [-0.4, -0.2) is 21.3 Å².